The molecule has 3 heterocycles. The third-order valence-corrected chi connectivity index (χ3v) is 8.13. The molecular weight excluding hydrogens is 612 g/mol. The SMILES string of the molecule is COC(=O)Nc1ccc2c(c1)NC(=O)[C@H](C)CCC[C@H](NC(O)c1cnn(-c3cccc(Cl)c3F)c1C)c1cc-2c(Cl)nn1. The molecule has 0 radical (unpaired) electrons. The Morgan fingerprint density at radius 1 is 1.18 bits per heavy atom. The van der Waals surface area contributed by atoms with Crippen LogP contribution in [0.2, 0.25) is 10.2 Å². The first kappa shape index (κ1) is 31.3. The molecule has 14 heteroatoms. The standard InChI is InChI=1S/C30H30Cl2FN7O4/c1-15-6-4-8-22(36-29(42)20-14-34-40(16(20)2)25-9-5-7-21(31)26(25)33)24-13-19(27(32)39-38-24)18-11-10-17(35-30(43)44-3)12-23(18)37-28(15)41/h5,7,9-15,22,29,36,42H,4,6,8H2,1-3H3,(H,35,43)(H,37,41)/t15-,22+,29?/m1/s1. The van der Waals surface area contributed by atoms with Crippen LogP contribution in [0.4, 0.5) is 20.6 Å². The van der Waals surface area contributed by atoms with Gasteiger partial charge < -0.3 is 15.2 Å². The number of anilines is 2. The number of fused-ring (bicyclic) bond motifs is 4. The highest BCUT2D eigenvalue weighted by atomic mass is 35.5. The summed E-state index contributed by atoms with van der Waals surface area (Å²) in [7, 11) is 1.25. The van der Waals surface area contributed by atoms with E-state index in [1.807, 2.05) is 6.92 Å². The summed E-state index contributed by atoms with van der Waals surface area (Å²) in [5, 5.41) is 32.9. The normalized spacial score (nSPS) is 17.5. The molecule has 11 nitrogen and oxygen atoms in total. The fraction of sp³-hybridized carbons (Fsp3) is 0.300. The number of carbonyl (C=O) groups is 2. The van der Waals surface area contributed by atoms with Gasteiger partial charge in [0.2, 0.25) is 5.91 Å². The average molecular weight is 643 g/mol. The van der Waals surface area contributed by atoms with E-state index in [0.29, 0.717) is 58.7 Å². The van der Waals surface area contributed by atoms with Crippen molar-refractivity contribution in [3.63, 3.8) is 0 Å². The average Bonchev–Trinajstić information content (AvgIpc) is 3.38. The van der Waals surface area contributed by atoms with Gasteiger partial charge in [0.15, 0.2) is 11.0 Å². The van der Waals surface area contributed by atoms with Gasteiger partial charge in [0.25, 0.3) is 0 Å². The van der Waals surface area contributed by atoms with Gasteiger partial charge in [0.1, 0.15) is 11.9 Å². The van der Waals surface area contributed by atoms with Crippen LogP contribution < -0.4 is 16.0 Å². The van der Waals surface area contributed by atoms with Crippen LogP contribution in [-0.2, 0) is 9.53 Å². The Labute approximate surface area is 262 Å². The number of rotatable bonds is 5. The molecule has 4 aromatic rings. The molecule has 2 amide bonds. The third-order valence-electron chi connectivity index (χ3n) is 7.56. The van der Waals surface area contributed by atoms with Gasteiger partial charge in [-0.15, -0.1) is 5.10 Å². The molecule has 2 aromatic heterocycles. The molecule has 0 aliphatic carbocycles. The Kier molecular flexibility index (Phi) is 9.45. The Morgan fingerprint density at radius 3 is 2.75 bits per heavy atom. The van der Waals surface area contributed by atoms with Gasteiger partial charge in [-0.1, -0.05) is 48.7 Å². The number of nitrogens with zero attached hydrogens (tertiary/aromatic N) is 4. The molecule has 3 atom stereocenters. The van der Waals surface area contributed by atoms with Gasteiger partial charge in [-0.2, -0.15) is 10.2 Å². The monoisotopic (exact) mass is 641 g/mol. The minimum absolute atomic E-state index is 0.0385. The van der Waals surface area contributed by atoms with Crippen molar-refractivity contribution in [2.75, 3.05) is 17.7 Å². The number of benzene rings is 2. The number of hydrogen-bond donors (Lipinski definition) is 4. The summed E-state index contributed by atoms with van der Waals surface area (Å²) in [6.45, 7) is 3.54. The van der Waals surface area contributed by atoms with E-state index in [1.165, 1.54) is 24.1 Å². The van der Waals surface area contributed by atoms with Gasteiger partial charge in [0, 0.05) is 34.0 Å². The summed E-state index contributed by atoms with van der Waals surface area (Å²) in [4.78, 5) is 25.0. The molecule has 0 saturated heterocycles. The predicted octanol–water partition coefficient (Wildman–Crippen LogP) is 6.34. The number of aliphatic hydroxyl groups excluding tert-OH is 1. The largest absolute Gasteiger partial charge is 0.453 e. The van der Waals surface area contributed by atoms with Crippen LogP contribution in [0.1, 0.15) is 55.4 Å². The second-order valence-corrected chi connectivity index (χ2v) is 11.2. The lowest BCUT2D eigenvalue weighted by molar-refractivity contribution is -0.119. The predicted molar refractivity (Wildman–Crippen MR) is 164 cm³/mol. The molecule has 0 fully saturated rings. The van der Waals surface area contributed by atoms with Crippen LogP contribution in [0.5, 0.6) is 0 Å². The van der Waals surface area contributed by atoms with Gasteiger partial charge in [-0.25, -0.2) is 13.9 Å². The van der Waals surface area contributed by atoms with E-state index >= 15 is 0 Å². The van der Waals surface area contributed by atoms with Crippen molar-refractivity contribution < 1.29 is 23.8 Å². The maximum Gasteiger partial charge on any atom is 0.411 e. The van der Waals surface area contributed by atoms with Crippen molar-refractivity contribution in [3.05, 3.63) is 81.6 Å². The van der Waals surface area contributed by atoms with Crippen molar-refractivity contribution in [2.45, 2.75) is 45.4 Å². The molecule has 230 valence electrons. The zero-order valence-electron chi connectivity index (χ0n) is 24.1. The summed E-state index contributed by atoms with van der Waals surface area (Å²) in [6, 6.07) is 10.8. The number of amides is 2. The van der Waals surface area contributed by atoms with Crippen molar-refractivity contribution in [1.82, 2.24) is 25.3 Å². The van der Waals surface area contributed by atoms with Gasteiger partial charge in [-0.3, -0.25) is 15.4 Å². The fourth-order valence-electron chi connectivity index (χ4n) is 5.08. The Morgan fingerprint density at radius 2 is 1.98 bits per heavy atom. The number of hydrogen-bond acceptors (Lipinski definition) is 8. The quantitative estimate of drug-likeness (QED) is 0.185. The molecule has 0 saturated carbocycles. The lowest BCUT2D eigenvalue weighted by atomic mass is 9.95. The number of nitrogens with one attached hydrogen (secondary N) is 3. The van der Waals surface area contributed by atoms with Crippen molar-refractivity contribution in [1.29, 1.82) is 0 Å². The minimum Gasteiger partial charge on any atom is -0.453 e. The highest BCUT2D eigenvalue weighted by Gasteiger charge is 2.26. The maximum atomic E-state index is 14.7. The van der Waals surface area contributed by atoms with Gasteiger partial charge in [0.05, 0.1) is 35.8 Å². The molecule has 1 aliphatic heterocycles. The number of aliphatic hydroxyl groups is 1. The number of methoxy groups -OCH3 is 1. The highest BCUT2D eigenvalue weighted by molar-refractivity contribution is 6.32. The Hall–Kier alpha value is -4.10. The van der Waals surface area contributed by atoms with E-state index in [2.05, 4.69) is 36.0 Å². The first-order valence-corrected chi connectivity index (χ1v) is 14.6. The molecule has 2 aromatic carbocycles. The van der Waals surface area contributed by atoms with Crippen LogP contribution in [0.15, 0.2) is 48.7 Å². The van der Waals surface area contributed by atoms with Crippen molar-refractivity contribution in [3.8, 4) is 16.8 Å². The van der Waals surface area contributed by atoms with Crippen LogP contribution in [0, 0.1) is 18.7 Å². The molecule has 1 unspecified atom stereocenters. The van der Waals surface area contributed by atoms with E-state index in [-0.39, 0.29) is 27.7 Å². The lowest BCUT2D eigenvalue weighted by Gasteiger charge is -2.24. The van der Waals surface area contributed by atoms with E-state index in [0.717, 1.165) is 0 Å². The van der Waals surface area contributed by atoms with Crippen molar-refractivity contribution >= 4 is 46.6 Å². The van der Waals surface area contributed by atoms with Crippen LogP contribution in [-0.4, -0.2) is 44.2 Å². The maximum absolute atomic E-state index is 14.7. The number of halogens is 3. The summed E-state index contributed by atoms with van der Waals surface area (Å²) < 4.78 is 20.8. The van der Waals surface area contributed by atoms with Gasteiger partial charge in [-0.05, 0) is 50.1 Å². The lowest BCUT2D eigenvalue weighted by Crippen LogP contribution is -2.28. The second kappa shape index (κ2) is 13.3. The van der Waals surface area contributed by atoms with E-state index in [4.69, 9.17) is 23.2 Å². The van der Waals surface area contributed by atoms with E-state index < -0.39 is 24.2 Å². The number of ether oxygens (including phenoxy) is 1. The first-order valence-electron chi connectivity index (χ1n) is 13.8. The van der Waals surface area contributed by atoms with Crippen LogP contribution >= 0.6 is 23.2 Å². The molecule has 0 spiro atoms. The molecule has 4 N–H and O–H groups in total. The number of carbonyl (C=O) groups excluding carboxylic acids is 2. The first-order chi connectivity index (χ1) is 21.1. The summed E-state index contributed by atoms with van der Waals surface area (Å²) >= 11 is 12.5. The smallest absolute Gasteiger partial charge is 0.411 e. The van der Waals surface area contributed by atoms with E-state index in [9.17, 15) is 19.1 Å². The zero-order valence-corrected chi connectivity index (χ0v) is 25.6. The minimum atomic E-state index is -1.20. The molecule has 2 bridgehead atoms. The molecule has 5 rings (SSSR count). The van der Waals surface area contributed by atoms with Crippen molar-refractivity contribution in [2.24, 2.45) is 5.92 Å². The Bertz CT molecular complexity index is 1720. The Balaban J connectivity index is 1.51. The second-order valence-electron chi connectivity index (χ2n) is 10.5. The summed E-state index contributed by atoms with van der Waals surface area (Å²) in [6.07, 6.45) is 1.27. The fourth-order valence-corrected chi connectivity index (χ4v) is 5.45. The molecular formula is C30H30Cl2FN7O4. The molecule has 1 aliphatic rings. The topological polar surface area (TPSA) is 143 Å². The molecule has 44 heavy (non-hydrogen) atoms. The zero-order chi connectivity index (χ0) is 31.5. The summed E-state index contributed by atoms with van der Waals surface area (Å²) in [5.74, 6) is -1.18. The summed E-state index contributed by atoms with van der Waals surface area (Å²) in [5.41, 5.74) is 3.48. The highest BCUT2D eigenvalue weighted by Crippen LogP contribution is 2.37. The number of aromatic nitrogens is 4. The van der Waals surface area contributed by atoms with Crippen LogP contribution in [0.25, 0.3) is 16.8 Å². The van der Waals surface area contributed by atoms with E-state index in [1.54, 1.807) is 43.3 Å². The van der Waals surface area contributed by atoms with Crippen LogP contribution in [0.3, 0.4) is 0 Å². The van der Waals surface area contributed by atoms with Gasteiger partial charge >= 0.3 is 6.09 Å². The third kappa shape index (κ3) is 6.53.